The van der Waals surface area contributed by atoms with Crippen molar-refractivity contribution in [3.63, 3.8) is 0 Å². The van der Waals surface area contributed by atoms with Gasteiger partial charge in [-0.1, -0.05) is 0 Å². The minimum atomic E-state index is 0.186. The quantitative estimate of drug-likeness (QED) is 0.848. The highest BCUT2D eigenvalue weighted by molar-refractivity contribution is 5.80. The van der Waals surface area contributed by atoms with Crippen LogP contribution in [-0.2, 0) is 18.4 Å². The van der Waals surface area contributed by atoms with Gasteiger partial charge in [-0.2, -0.15) is 5.10 Å². The summed E-state index contributed by atoms with van der Waals surface area (Å²) in [6.07, 6.45) is 7.19. The molecule has 1 aromatic rings. The van der Waals surface area contributed by atoms with E-state index in [1.54, 1.807) is 4.68 Å². The lowest BCUT2D eigenvalue weighted by atomic mass is 9.88. The highest BCUT2D eigenvalue weighted by Crippen LogP contribution is 2.34. The summed E-state index contributed by atoms with van der Waals surface area (Å²) >= 11 is 0. The minimum absolute atomic E-state index is 0.186. The number of nitrogens with one attached hydrogen (secondary N) is 1. The third-order valence-corrected chi connectivity index (χ3v) is 4.17. The van der Waals surface area contributed by atoms with Gasteiger partial charge in [0.1, 0.15) is 0 Å². The van der Waals surface area contributed by atoms with E-state index >= 15 is 0 Å². The summed E-state index contributed by atoms with van der Waals surface area (Å²) in [4.78, 5) is 14.2. The first-order valence-corrected chi connectivity index (χ1v) is 6.62. The first-order chi connectivity index (χ1) is 8.63. The van der Waals surface area contributed by atoms with Gasteiger partial charge in [0.05, 0.1) is 12.1 Å². The minimum Gasteiger partial charge on any atom is -0.341 e. The monoisotopic (exact) mass is 248 g/mol. The molecule has 3 rings (SSSR count). The van der Waals surface area contributed by atoms with Gasteiger partial charge < -0.3 is 10.2 Å². The molecule has 1 aromatic heterocycles. The Labute approximate surface area is 107 Å². The molecule has 98 valence electrons. The molecule has 0 radical (unpaired) electrons. The number of aromatic nitrogens is 2. The van der Waals surface area contributed by atoms with Gasteiger partial charge in [0.25, 0.3) is 0 Å². The standard InChI is InChI=1S/C13H20N4O/c1-16(7-9-6-14-17(2)8-9)13(18)11-5-10-3-4-12(11)15-10/h6,8,10-12,15H,3-5,7H2,1-2H3. The van der Waals surface area contributed by atoms with Crippen LogP contribution in [0.4, 0.5) is 0 Å². The van der Waals surface area contributed by atoms with Crippen LogP contribution in [0.25, 0.3) is 0 Å². The summed E-state index contributed by atoms with van der Waals surface area (Å²) in [5.74, 6) is 0.462. The van der Waals surface area contributed by atoms with Crippen LogP contribution in [-0.4, -0.2) is 39.7 Å². The Morgan fingerprint density at radius 1 is 1.61 bits per heavy atom. The van der Waals surface area contributed by atoms with E-state index in [0.717, 1.165) is 18.4 Å². The van der Waals surface area contributed by atoms with Crippen LogP contribution in [0, 0.1) is 5.92 Å². The van der Waals surface area contributed by atoms with Gasteiger partial charge in [-0.15, -0.1) is 0 Å². The third-order valence-electron chi connectivity index (χ3n) is 4.17. The van der Waals surface area contributed by atoms with E-state index in [9.17, 15) is 4.79 Å². The number of nitrogens with zero attached hydrogens (tertiary/aromatic N) is 3. The zero-order valence-electron chi connectivity index (χ0n) is 11.0. The van der Waals surface area contributed by atoms with Gasteiger partial charge in [0.2, 0.25) is 5.91 Å². The number of hydrogen-bond acceptors (Lipinski definition) is 3. The van der Waals surface area contributed by atoms with Crippen molar-refractivity contribution in [3.05, 3.63) is 18.0 Å². The van der Waals surface area contributed by atoms with E-state index in [1.165, 1.54) is 6.42 Å². The lowest BCUT2D eigenvalue weighted by molar-refractivity contribution is -0.135. The molecule has 0 saturated carbocycles. The Bertz CT molecular complexity index is 456. The molecule has 2 bridgehead atoms. The van der Waals surface area contributed by atoms with Crippen LogP contribution >= 0.6 is 0 Å². The fourth-order valence-corrected chi connectivity index (χ4v) is 3.29. The van der Waals surface area contributed by atoms with E-state index in [1.807, 2.05) is 31.4 Å². The van der Waals surface area contributed by atoms with Gasteiger partial charge >= 0.3 is 0 Å². The largest absolute Gasteiger partial charge is 0.341 e. The van der Waals surface area contributed by atoms with Crippen LogP contribution in [0.2, 0.25) is 0 Å². The molecule has 2 aliphatic rings. The van der Waals surface area contributed by atoms with E-state index in [2.05, 4.69) is 10.4 Å². The summed E-state index contributed by atoms with van der Waals surface area (Å²) in [6.45, 7) is 0.653. The smallest absolute Gasteiger partial charge is 0.227 e. The summed E-state index contributed by atoms with van der Waals surface area (Å²) in [6, 6.07) is 0.995. The zero-order chi connectivity index (χ0) is 12.7. The normalized spacial score (nSPS) is 29.8. The molecule has 5 heteroatoms. The average molecular weight is 248 g/mol. The molecule has 2 saturated heterocycles. The van der Waals surface area contributed by atoms with Crippen LogP contribution in [0.5, 0.6) is 0 Å². The first kappa shape index (κ1) is 11.7. The maximum absolute atomic E-state index is 12.4. The second-order valence-electron chi connectivity index (χ2n) is 5.61. The molecule has 0 aliphatic carbocycles. The molecule has 1 N–H and O–H groups in total. The Kier molecular flexibility index (Phi) is 2.86. The first-order valence-electron chi connectivity index (χ1n) is 6.62. The lowest BCUT2D eigenvalue weighted by Crippen LogP contribution is -2.38. The molecule has 1 amide bonds. The number of rotatable bonds is 3. The van der Waals surface area contributed by atoms with Crippen molar-refractivity contribution in [2.75, 3.05) is 7.05 Å². The Morgan fingerprint density at radius 3 is 3.00 bits per heavy atom. The summed E-state index contributed by atoms with van der Waals surface area (Å²) in [7, 11) is 3.78. The SMILES string of the molecule is CN(Cc1cnn(C)c1)C(=O)C1CC2CCC1N2. The molecule has 3 atom stereocenters. The number of amides is 1. The van der Waals surface area contributed by atoms with Crippen molar-refractivity contribution >= 4 is 5.91 Å². The van der Waals surface area contributed by atoms with Crippen molar-refractivity contribution in [3.8, 4) is 0 Å². The van der Waals surface area contributed by atoms with E-state index in [0.29, 0.717) is 18.6 Å². The molecule has 2 aliphatic heterocycles. The maximum atomic E-state index is 12.4. The van der Waals surface area contributed by atoms with Gasteiger partial charge in [0.15, 0.2) is 0 Å². The molecule has 2 fully saturated rings. The summed E-state index contributed by atoms with van der Waals surface area (Å²) in [5.41, 5.74) is 1.09. The van der Waals surface area contributed by atoms with Crippen LogP contribution in [0.3, 0.4) is 0 Å². The average Bonchev–Trinajstić information content (AvgIpc) is 3.04. The Hall–Kier alpha value is -1.36. The molecule has 3 heterocycles. The van der Waals surface area contributed by atoms with Gasteiger partial charge in [0, 0.05) is 44.5 Å². The maximum Gasteiger partial charge on any atom is 0.227 e. The molecular formula is C13H20N4O. The van der Waals surface area contributed by atoms with Crippen LogP contribution < -0.4 is 5.32 Å². The lowest BCUT2D eigenvalue weighted by Gasteiger charge is -2.25. The second kappa shape index (κ2) is 4.39. The van der Waals surface area contributed by atoms with Gasteiger partial charge in [-0.3, -0.25) is 9.48 Å². The second-order valence-corrected chi connectivity index (χ2v) is 5.61. The number of fused-ring (bicyclic) bond motifs is 2. The highest BCUT2D eigenvalue weighted by atomic mass is 16.2. The van der Waals surface area contributed by atoms with Crippen LogP contribution in [0.1, 0.15) is 24.8 Å². The highest BCUT2D eigenvalue weighted by Gasteiger charge is 2.43. The van der Waals surface area contributed by atoms with Crippen molar-refractivity contribution in [2.24, 2.45) is 13.0 Å². The van der Waals surface area contributed by atoms with Gasteiger partial charge in [-0.05, 0) is 19.3 Å². The number of hydrogen-bond donors (Lipinski definition) is 1. The topological polar surface area (TPSA) is 50.2 Å². The van der Waals surface area contributed by atoms with Crippen molar-refractivity contribution in [1.29, 1.82) is 0 Å². The van der Waals surface area contributed by atoms with E-state index in [4.69, 9.17) is 0 Å². The summed E-state index contributed by atoms with van der Waals surface area (Å²) < 4.78 is 1.77. The zero-order valence-corrected chi connectivity index (χ0v) is 11.0. The van der Waals surface area contributed by atoms with Crippen LogP contribution in [0.15, 0.2) is 12.4 Å². The van der Waals surface area contributed by atoms with Crippen molar-refractivity contribution < 1.29 is 4.79 Å². The van der Waals surface area contributed by atoms with E-state index < -0.39 is 0 Å². The molecule has 5 nitrogen and oxygen atoms in total. The molecule has 0 spiro atoms. The van der Waals surface area contributed by atoms with E-state index in [-0.39, 0.29) is 11.8 Å². The Morgan fingerprint density at radius 2 is 2.44 bits per heavy atom. The number of aryl methyl sites for hydroxylation is 1. The predicted octanol–water partition coefficient (Wildman–Crippen LogP) is 0.519. The summed E-state index contributed by atoms with van der Waals surface area (Å²) in [5, 5.41) is 7.65. The molecular weight excluding hydrogens is 228 g/mol. The molecule has 3 unspecified atom stereocenters. The molecule has 0 aromatic carbocycles. The fraction of sp³-hybridized carbons (Fsp3) is 0.692. The molecule has 18 heavy (non-hydrogen) atoms. The van der Waals surface area contributed by atoms with Gasteiger partial charge in [-0.25, -0.2) is 0 Å². The fourth-order valence-electron chi connectivity index (χ4n) is 3.29. The number of carbonyl (C=O) groups excluding carboxylic acids is 1. The third kappa shape index (κ3) is 2.03. The van der Waals surface area contributed by atoms with Crippen molar-refractivity contribution in [1.82, 2.24) is 20.0 Å². The predicted molar refractivity (Wildman–Crippen MR) is 67.7 cm³/mol. The Balaban J connectivity index is 1.62. The number of carbonyl (C=O) groups is 1. The van der Waals surface area contributed by atoms with Crippen molar-refractivity contribution in [2.45, 2.75) is 37.9 Å².